The van der Waals surface area contributed by atoms with Crippen LogP contribution >= 0.6 is 0 Å². The van der Waals surface area contributed by atoms with Crippen molar-refractivity contribution >= 4 is 16.7 Å². The molecule has 6 nitrogen and oxygen atoms in total. The highest BCUT2D eigenvalue weighted by molar-refractivity contribution is 5.86. The van der Waals surface area contributed by atoms with Gasteiger partial charge in [0.05, 0.1) is 24.4 Å². The Kier molecular flexibility index (Phi) is 2.83. The minimum Gasteiger partial charge on any atom is -0.475 e. The van der Waals surface area contributed by atoms with Crippen molar-refractivity contribution in [1.82, 2.24) is 9.78 Å². The van der Waals surface area contributed by atoms with E-state index >= 15 is 0 Å². The van der Waals surface area contributed by atoms with Crippen LogP contribution in [0, 0.1) is 0 Å². The van der Waals surface area contributed by atoms with Crippen molar-refractivity contribution in [3.63, 3.8) is 0 Å². The zero-order chi connectivity index (χ0) is 14.1. The van der Waals surface area contributed by atoms with Gasteiger partial charge in [-0.2, -0.15) is 5.10 Å². The quantitative estimate of drug-likeness (QED) is 0.783. The fraction of sp³-hybridized carbons (Fsp3) is 0.0714. The van der Waals surface area contributed by atoms with Gasteiger partial charge in [0.25, 0.3) is 5.56 Å². The Bertz CT molecular complexity index is 848. The third kappa shape index (κ3) is 1.97. The summed E-state index contributed by atoms with van der Waals surface area (Å²) in [6.45, 7) is 0.0573. The molecule has 3 rings (SSSR count). The Labute approximate surface area is 112 Å². The van der Waals surface area contributed by atoms with Crippen LogP contribution in [0.4, 0.5) is 0 Å². The molecule has 3 aromatic rings. The van der Waals surface area contributed by atoms with Crippen LogP contribution in [0.3, 0.4) is 0 Å². The van der Waals surface area contributed by atoms with Crippen LogP contribution in [0.1, 0.15) is 16.1 Å². The zero-order valence-electron chi connectivity index (χ0n) is 10.3. The number of furan rings is 1. The van der Waals surface area contributed by atoms with Gasteiger partial charge in [-0.15, -0.1) is 0 Å². The lowest BCUT2D eigenvalue weighted by atomic mass is 10.2. The van der Waals surface area contributed by atoms with Gasteiger partial charge in [-0.25, -0.2) is 9.48 Å². The molecule has 0 unspecified atom stereocenters. The van der Waals surface area contributed by atoms with Crippen LogP contribution in [-0.2, 0) is 6.54 Å². The average Bonchev–Trinajstić information content (AvgIpc) is 2.91. The smallest absolute Gasteiger partial charge is 0.372 e. The number of hydrogen-bond acceptors (Lipinski definition) is 4. The minimum absolute atomic E-state index is 0.0573. The summed E-state index contributed by atoms with van der Waals surface area (Å²) in [5.74, 6) is -1.34. The van der Waals surface area contributed by atoms with Gasteiger partial charge in [-0.05, 0) is 12.1 Å². The van der Waals surface area contributed by atoms with Crippen LogP contribution < -0.4 is 5.56 Å². The minimum atomic E-state index is -1.17. The van der Waals surface area contributed by atoms with E-state index in [1.165, 1.54) is 17.0 Å². The summed E-state index contributed by atoms with van der Waals surface area (Å²) < 4.78 is 6.10. The second kappa shape index (κ2) is 4.65. The maximum atomic E-state index is 12.3. The molecule has 0 fully saturated rings. The molecule has 0 bridgehead atoms. The molecule has 1 aromatic carbocycles. The first-order valence-corrected chi connectivity index (χ1v) is 5.91. The summed E-state index contributed by atoms with van der Waals surface area (Å²) >= 11 is 0. The van der Waals surface area contributed by atoms with Crippen molar-refractivity contribution in [2.75, 3.05) is 0 Å². The summed E-state index contributed by atoms with van der Waals surface area (Å²) in [5, 5.41) is 14.3. The number of carboxylic acids is 1. The molecule has 6 heteroatoms. The van der Waals surface area contributed by atoms with E-state index in [4.69, 9.17) is 9.52 Å². The van der Waals surface area contributed by atoms with Gasteiger partial charge in [-0.1, -0.05) is 18.2 Å². The predicted octanol–water partition coefficient (Wildman–Crippen LogP) is 1.74. The lowest BCUT2D eigenvalue weighted by Crippen LogP contribution is -2.23. The predicted molar refractivity (Wildman–Crippen MR) is 70.8 cm³/mol. The molecular weight excluding hydrogens is 260 g/mol. The molecule has 0 atom stereocenters. The maximum Gasteiger partial charge on any atom is 0.372 e. The summed E-state index contributed by atoms with van der Waals surface area (Å²) in [6, 6.07) is 8.63. The van der Waals surface area contributed by atoms with Gasteiger partial charge in [0.2, 0.25) is 5.76 Å². The molecule has 2 heterocycles. The normalized spacial score (nSPS) is 10.8. The van der Waals surface area contributed by atoms with Crippen LogP contribution in [0.2, 0.25) is 0 Å². The Morgan fingerprint density at radius 3 is 2.90 bits per heavy atom. The van der Waals surface area contributed by atoms with E-state index in [-0.39, 0.29) is 17.9 Å². The van der Waals surface area contributed by atoms with Crippen LogP contribution in [0.15, 0.2) is 52.0 Å². The van der Waals surface area contributed by atoms with Crippen molar-refractivity contribution in [2.45, 2.75) is 6.54 Å². The molecule has 0 saturated heterocycles. The number of rotatable bonds is 3. The molecule has 100 valence electrons. The molecule has 2 aromatic heterocycles. The summed E-state index contributed by atoms with van der Waals surface area (Å²) in [6.07, 6.45) is 2.86. The fourth-order valence-electron chi connectivity index (χ4n) is 2.05. The van der Waals surface area contributed by atoms with Crippen molar-refractivity contribution in [2.24, 2.45) is 0 Å². The number of aromatic nitrogens is 2. The SMILES string of the molecule is O=C(O)c1occc1Cn1ncc2ccccc2c1=O. The Balaban J connectivity index is 2.07. The molecule has 0 amide bonds. The number of hydrogen-bond donors (Lipinski definition) is 1. The fourth-order valence-corrected chi connectivity index (χ4v) is 2.05. The van der Waals surface area contributed by atoms with Crippen molar-refractivity contribution in [1.29, 1.82) is 0 Å². The summed E-state index contributed by atoms with van der Waals surface area (Å²) in [5.41, 5.74) is 0.142. The second-order valence-electron chi connectivity index (χ2n) is 4.27. The van der Waals surface area contributed by atoms with E-state index < -0.39 is 5.97 Å². The van der Waals surface area contributed by atoms with Crippen LogP contribution in [0.25, 0.3) is 10.8 Å². The maximum absolute atomic E-state index is 12.3. The molecule has 0 aliphatic rings. The van der Waals surface area contributed by atoms with E-state index in [0.29, 0.717) is 10.9 Å². The monoisotopic (exact) mass is 270 g/mol. The lowest BCUT2D eigenvalue weighted by Gasteiger charge is -2.05. The van der Waals surface area contributed by atoms with E-state index in [1.54, 1.807) is 24.4 Å². The van der Waals surface area contributed by atoms with E-state index in [9.17, 15) is 9.59 Å². The van der Waals surface area contributed by atoms with Crippen molar-refractivity contribution in [3.05, 3.63) is 64.5 Å². The standard InChI is InChI=1S/C14H10N2O4/c17-13-11-4-2-1-3-9(11)7-15-16(13)8-10-5-6-20-12(10)14(18)19/h1-7H,8H2,(H,18,19). The number of fused-ring (bicyclic) bond motifs is 1. The van der Waals surface area contributed by atoms with Crippen molar-refractivity contribution in [3.8, 4) is 0 Å². The number of benzene rings is 1. The summed E-state index contributed by atoms with van der Waals surface area (Å²) in [4.78, 5) is 23.2. The zero-order valence-corrected chi connectivity index (χ0v) is 10.3. The largest absolute Gasteiger partial charge is 0.475 e. The molecule has 0 saturated carbocycles. The molecule has 20 heavy (non-hydrogen) atoms. The first kappa shape index (κ1) is 12.2. The lowest BCUT2D eigenvalue weighted by molar-refractivity contribution is 0.0660. The number of carboxylic acid groups (broad SMARTS) is 1. The number of aromatic carboxylic acids is 1. The highest BCUT2D eigenvalue weighted by Crippen LogP contribution is 2.12. The molecule has 0 aliphatic heterocycles. The molecule has 0 aliphatic carbocycles. The first-order chi connectivity index (χ1) is 9.66. The third-order valence-corrected chi connectivity index (χ3v) is 3.02. The molecule has 0 radical (unpaired) electrons. The highest BCUT2D eigenvalue weighted by atomic mass is 16.4. The molecule has 0 spiro atoms. The van der Waals surface area contributed by atoms with Gasteiger partial charge in [0.15, 0.2) is 0 Å². The van der Waals surface area contributed by atoms with E-state index in [0.717, 1.165) is 5.39 Å². The Hall–Kier alpha value is -2.89. The topological polar surface area (TPSA) is 85.3 Å². The average molecular weight is 270 g/mol. The van der Waals surface area contributed by atoms with Gasteiger partial charge >= 0.3 is 5.97 Å². The number of nitrogens with zero attached hydrogens (tertiary/aromatic N) is 2. The molecule has 1 N–H and O–H groups in total. The molecular formula is C14H10N2O4. The van der Waals surface area contributed by atoms with Gasteiger partial charge in [0, 0.05) is 10.9 Å². The number of carbonyl (C=O) groups is 1. The van der Waals surface area contributed by atoms with Crippen LogP contribution in [-0.4, -0.2) is 20.9 Å². The van der Waals surface area contributed by atoms with Gasteiger partial charge in [-0.3, -0.25) is 4.79 Å². The third-order valence-electron chi connectivity index (χ3n) is 3.02. The van der Waals surface area contributed by atoms with Gasteiger partial charge in [0.1, 0.15) is 0 Å². The Morgan fingerprint density at radius 2 is 2.10 bits per heavy atom. The highest BCUT2D eigenvalue weighted by Gasteiger charge is 2.15. The summed E-state index contributed by atoms with van der Waals surface area (Å²) in [7, 11) is 0. The van der Waals surface area contributed by atoms with Gasteiger partial charge < -0.3 is 9.52 Å². The second-order valence-corrected chi connectivity index (χ2v) is 4.27. The Morgan fingerprint density at radius 1 is 1.30 bits per heavy atom. The van der Waals surface area contributed by atoms with Crippen LogP contribution in [0.5, 0.6) is 0 Å². The van der Waals surface area contributed by atoms with E-state index in [1.807, 2.05) is 6.07 Å². The first-order valence-electron chi connectivity index (χ1n) is 5.91. The van der Waals surface area contributed by atoms with E-state index in [2.05, 4.69) is 5.10 Å². The van der Waals surface area contributed by atoms with Crippen molar-refractivity contribution < 1.29 is 14.3 Å².